The lowest BCUT2D eigenvalue weighted by Gasteiger charge is -2.15. The van der Waals surface area contributed by atoms with Crippen LogP contribution in [-0.4, -0.2) is 23.3 Å². The highest BCUT2D eigenvalue weighted by atomic mass is 32.1. The van der Waals surface area contributed by atoms with Gasteiger partial charge in [0.1, 0.15) is 0 Å². The van der Waals surface area contributed by atoms with Gasteiger partial charge in [-0.1, -0.05) is 24.3 Å². The Morgan fingerprint density at radius 3 is 2.48 bits per heavy atom. The largest absolute Gasteiger partial charge is 0.351 e. The molecule has 4 nitrogen and oxygen atoms in total. The van der Waals surface area contributed by atoms with E-state index in [0.29, 0.717) is 32.5 Å². The number of benzene rings is 1. The number of aryl methyl sites for hydroxylation is 1. The summed E-state index contributed by atoms with van der Waals surface area (Å²) >= 11 is 1.45. The number of hydrogen-bond donors (Lipinski definition) is 1. The molecule has 23 heavy (non-hydrogen) atoms. The van der Waals surface area contributed by atoms with Gasteiger partial charge in [-0.2, -0.15) is 0 Å². The molecule has 1 aromatic heterocycles. The number of carbonyl (C=O) groups excluding carboxylic acids is 2. The van der Waals surface area contributed by atoms with Crippen molar-refractivity contribution in [3.63, 3.8) is 0 Å². The summed E-state index contributed by atoms with van der Waals surface area (Å²) in [6.45, 7) is 3.87. The van der Waals surface area contributed by atoms with E-state index >= 15 is 0 Å². The second-order valence-electron chi connectivity index (χ2n) is 5.81. The average Bonchev–Trinajstić information content (AvgIpc) is 3.17. The van der Waals surface area contributed by atoms with E-state index in [1.807, 2.05) is 35.4 Å². The van der Waals surface area contributed by atoms with Crippen LogP contribution in [0.1, 0.15) is 39.2 Å². The van der Waals surface area contributed by atoms with Gasteiger partial charge in [-0.25, -0.2) is 0 Å². The first-order valence-corrected chi connectivity index (χ1v) is 8.70. The second kappa shape index (κ2) is 6.96. The van der Waals surface area contributed by atoms with E-state index in [1.165, 1.54) is 22.5 Å². The van der Waals surface area contributed by atoms with Gasteiger partial charge in [-0.15, -0.1) is 11.3 Å². The van der Waals surface area contributed by atoms with Crippen LogP contribution in [0.15, 0.2) is 35.7 Å². The Balaban J connectivity index is 1.41. The van der Waals surface area contributed by atoms with E-state index in [-0.39, 0.29) is 11.8 Å². The maximum absolute atomic E-state index is 12.3. The molecule has 2 heterocycles. The summed E-state index contributed by atoms with van der Waals surface area (Å²) in [7, 11) is 0. The van der Waals surface area contributed by atoms with Gasteiger partial charge in [-0.3, -0.25) is 9.59 Å². The molecule has 1 aromatic carbocycles. The van der Waals surface area contributed by atoms with E-state index in [9.17, 15) is 9.59 Å². The number of hydrogen-bond acceptors (Lipinski definition) is 3. The molecule has 0 atom stereocenters. The summed E-state index contributed by atoms with van der Waals surface area (Å²) in [5.74, 6) is 0.112. The Bertz CT molecular complexity index is 698. The standard InChI is InChI=1S/C18H20N2O2S/c1-13-8-10-23-17(13)18(22)19-9-4-7-16(21)20-11-14-5-2-3-6-15(14)12-20/h2-3,5-6,8,10H,4,7,9,11-12H2,1H3,(H,19,22). The number of nitrogens with zero attached hydrogens (tertiary/aromatic N) is 1. The van der Waals surface area contributed by atoms with Gasteiger partial charge in [-0.05, 0) is 41.5 Å². The van der Waals surface area contributed by atoms with Gasteiger partial charge in [0, 0.05) is 26.1 Å². The molecule has 5 heteroatoms. The fraction of sp³-hybridized carbons (Fsp3) is 0.333. The maximum atomic E-state index is 12.3. The molecule has 0 aliphatic carbocycles. The fourth-order valence-electron chi connectivity index (χ4n) is 2.79. The van der Waals surface area contributed by atoms with Crippen LogP contribution < -0.4 is 5.32 Å². The second-order valence-corrected chi connectivity index (χ2v) is 6.73. The summed E-state index contributed by atoms with van der Waals surface area (Å²) < 4.78 is 0. The monoisotopic (exact) mass is 328 g/mol. The predicted octanol–water partition coefficient (Wildman–Crippen LogP) is 3.11. The average molecular weight is 328 g/mol. The molecule has 1 aliphatic heterocycles. The van der Waals surface area contributed by atoms with Crippen LogP contribution in [0.2, 0.25) is 0 Å². The van der Waals surface area contributed by atoms with Crippen molar-refractivity contribution in [1.29, 1.82) is 0 Å². The van der Waals surface area contributed by atoms with Crippen LogP contribution in [-0.2, 0) is 17.9 Å². The quantitative estimate of drug-likeness (QED) is 0.858. The lowest BCUT2D eigenvalue weighted by molar-refractivity contribution is -0.131. The first-order chi connectivity index (χ1) is 11.1. The summed E-state index contributed by atoms with van der Waals surface area (Å²) in [6, 6.07) is 10.1. The first kappa shape index (κ1) is 15.7. The van der Waals surface area contributed by atoms with Crippen molar-refractivity contribution in [2.24, 2.45) is 0 Å². The number of carbonyl (C=O) groups is 2. The molecule has 1 N–H and O–H groups in total. The molecule has 2 amide bonds. The Labute approximate surface area is 140 Å². The lowest BCUT2D eigenvalue weighted by Crippen LogP contribution is -2.28. The minimum absolute atomic E-state index is 0.0430. The van der Waals surface area contributed by atoms with E-state index in [2.05, 4.69) is 17.4 Å². The Kier molecular flexibility index (Phi) is 4.76. The zero-order valence-corrected chi connectivity index (χ0v) is 14.0. The van der Waals surface area contributed by atoms with Gasteiger partial charge >= 0.3 is 0 Å². The van der Waals surface area contributed by atoms with Crippen molar-refractivity contribution >= 4 is 23.2 Å². The molecule has 0 radical (unpaired) electrons. The van der Waals surface area contributed by atoms with E-state index in [1.54, 1.807) is 0 Å². The van der Waals surface area contributed by atoms with Crippen LogP contribution in [0.4, 0.5) is 0 Å². The first-order valence-electron chi connectivity index (χ1n) is 7.82. The van der Waals surface area contributed by atoms with Crippen LogP contribution >= 0.6 is 11.3 Å². The van der Waals surface area contributed by atoms with Crippen LogP contribution in [0.5, 0.6) is 0 Å². The highest BCUT2D eigenvalue weighted by molar-refractivity contribution is 7.12. The van der Waals surface area contributed by atoms with Crippen molar-refractivity contribution in [3.05, 3.63) is 57.3 Å². The van der Waals surface area contributed by atoms with Crippen LogP contribution in [0.3, 0.4) is 0 Å². The Morgan fingerprint density at radius 1 is 1.17 bits per heavy atom. The fourth-order valence-corrected chi connectivity index (χ4v) is 3.64. The van der Waals surface area contributed by atoms with Crippen LogP contribution in [0, 0.1) is 6.92 Å². The molecule has 0 saturated heterocycles. The Hall–Kier alpha value is -2.14. The zero-order valence-electron chi connectivity index (χ0n) is 13.2. The SMILES string of the molecule is Cc1ccsc1C(=O)NCCCC(=O)N1Cc2ccccc2C1. The third-order valence-corrected chi connectivity index (χ3v) is 5.13. The highest BCUT2D eigenvalue weighted by Gasteiger charge is 2.22. The summed E-state index contributed by atoms with van der Waals surface area (Å²) in [5.41, 5.74) is 3.48. The molecule has 0 fully saturated rings. The van der Waals surface area contributed by atoms with Crippen LogP contribution in [0.25, 0.3) is 0 Å². The molecule has 0 spiro atoms. The molecular formula is C18H20N2O2S. The number of thiophene rings is 1. The molecular weight excluding hydrogens is 308 g/mol. The normalized spacial score (nSPS) is 13.0. The van der Waals surface area contributed by atoms with Gasteiger partial charge in [0.05, 0.1) is 4.88 Å². The molecule has 1 aliphatic rings. The maximum Gasteiger partial charge on any atom is 0.261 e. The van der Waals surface area contributed by atoms with Crippen molar-refractivity contribution in [3.8, 4) is 0 Å². The smallest absolute Gasteiger partial charge is 0.261 e. The minimum atomic E-state index is -0.0430. The predicted molar refractivity (Wildman–Crippen MR) is 91.3 cm³/mol. The van der Waals surface area contributed by atoms with Gasteiger partial charge < -0.3 is 10.2 Å². The third-order valence-electron chi connectivity index (χ3n) is 4.11. The molecule has 0 bridgehead atoms. The molecule has 0 unspecified atom stereocenters. The Morgan fingerprint density at radius 2 is 1.87 bits per heavy atom. The van der Waals surface area contributed by atoms with Crippen molar-refractivity contribution < 1.29 is 9.59 Å². The molecule has 0 saturated carbocycles. The van der Waals surface area contributed by atoms with Crippen molar-refractivity contribution in [1.82, 2.24) is 10.2 Å². The summed E-state index contributed by atoms with van der Waals surface area (Å²) in [4.78, 5) is 26.9. The van der Waals surface area contributed by atoms with E-state index in [4.69, 9.17) is 0 Å². The van der Waals surface area contributed by atoms with Crippen molar-refractivity contribution in [2.45, 2.75) is 32.9 Å². The number of fused-ring (bicyclic) bond motifs is 1. The molecule has 120 valence electrons. The minimum Gasteiger partial charge on any atom is -0.351 e. The summed E-state index contributed by atoms with van der Waals surface area (Å²) in [5, 5.41) is 4.81. The molecule has 2 aromatic rings. The molecule has 3 rings (SSSR count). The number of nitrogens with one attached hydrogen (secondary N) is 1. The number of amides is 2. The summed E-state index contributed by atoms with van der Waals surface area (Å²) in [6.07, 6.45) is 1.14. The van der Waals surface area contributed by atoms with Gasteiger partial charge in [0.15, 0.2) is 0 Å². The van der Waals surface area contributed by atoms with Gasteiger partial charge in [0.25, 0.3) is 5.91 Å². The third kappa shape index (κ3) is 3.62. The van der Waals surface area contributed by atoms with E-state index in [0.717, 1.165) is 10.4 Å². The van der Waals surface area contributed by atoms with Gasteiger partial charge in [0.2, 0.25) is 5.91 Å². The number of rotatable bonds is 5. The van der Waals surface area contributed by atoms with E-state index < -0.39 is 0 Å². The highest BCUT2D eigenvalue weighted by Crippen LogP contribution is 2.22. The lowest BCUT2D eigenvalue weighted by atomic mass is 10.1. The van der Waals surface area contributed by atoms with Crippen molar-refractivity contribution in [2.75, 3.05) is 6.54 Å². The topological polar surface area (TPSA) is 49.4 Å². The zero-order chi connectivity index (χ0) is 16.2.